The Hall–Kier alpha value is -2.11. The molecule has 1 aromatic carbocycles. The highest BCUT2D eigenvalue weighted by atomic mass is 19.1. The fourth-order valence-electron chi connectivity index (χ4n) is 1.87. The van der Waals surface area contributed by atoms with Crippen LogP contribution >= 0.6 is 0 Å². The third kappa shape index (κ3) is 2.83. The van der Waals surface area contributed by atoms with E-state index in [2.05, 4.69) is 10.3 Å². The summed E-state index contributed by atoms with van der Waals surface area (Å²) in [5.41, 5.74) is 1.46. The molecule has 5 nitrogen and oxygen atoms in total. The summed E-state index contributed by atoms with van der Waals surface area (Å²) in [7, 11) is 0. The molecule has 19 heavy (non-hydrogen) atoms. The number of nitrogens with one attached hydrogen (secondary N) is 1. The van der Waals surface area contributed by atoms with Crippen molar-refractivity contribution in [3.63, 3.8) is 0 Å². The minimum Gasteiger partial charge on any atom is -0.450 e. The summed E-state index contributed by atoms with van der Waals surface area (Å²) in [6.45, 7) is 4.77. The van der Waals surface area contributed by atoms with Crippen molar-refractivity contribution in [2.45, 2.75) is 26.8 Å². The van der Waals surface area contributed by atoms with E-state index in [1.54, 1.807) is 19.3 Å². The molecule has 0 saturated carbocycles. The number of ether oxygens (including phenoxy) is 1. The lowest BCUT2D eigenvalue weighted by atomic mass is 10.2. The van der Waals surface area contributed by atoms with Crippen LogP contribution in [0, 0.1) is 5.82 Å². The van der Waals surface area contributed by atoms with E-state index in [0.717, 1.165) is 18.5 Å². The summed E-state index contributed by atoms with van der Waals surface area (Å²) >= 11 is 0. The van der Waals surface area contributed by atoms with Crippen molar-refractivity contribution in [3.8, 4) is 0 Å². The van der Waals surface area contributed by atoms with E-state index in [1.807, 2.05) is 11.5 Å². The van der Waals surface area contributed by atoms with Gasteiger partial charge in [0.05, 0.1) is 29.7 Å². The van der Waals surface area contributed by atoms with Crippen molar-refractivity contribution in [1.82, 2.24) is 9.55 Å². The predicted octanol–water partition coefficient (Wildman–Crippen LogP) is 3.15. The van der Waals surface area contributed by atoms with Crippen LogP contribution < -0.4 is 5.32 Å². The summed E-state index contributed by atoms with van der Waals surface area (Å²) in [6, 6.07) is 2.88. The molecule has 6 heteroatoms. The second-order valence-electron chi connectivity index (χ2n) is 4.10. The fourth-order valence-corrected chi connectivity index (χ4v) is 1.87. The Morgan fingerprint density at radius 1 is 1.47 bits per heavy atom. The van der Waals surface area contributed by atoms with Gasteiger partial charge in [-0.3, -0.25) is 5.32 Å². The molecule has 1 heterocycles. The highest BCUT2D eigenvalue weighted by molar-refractivity contribution is 5.89. The van der Waals surface area contributed by atoms with Gasteiger partial charge in [-0.05, 0) is 19.4 Å². The number of nitrogens with zero attached hydrogens (tertiary/aromatic N) is 2. The number of hydrogen-bond donors (Lipinski definition) is 1. The second-order valence-corrected chi connectivity index (χ2v) is 4.10. The summed E-state index contributed by atoms with van der Waals surface area (Å²) in [5, 5.41) is 2.39. The maximum absolute atomic E-state index is 13.8. The number of rotatable bonds is 4. The molecule has 102 valence electrons. The topological polar surface area (TPSA) is 56.2 Å². The standard InChI is InChI=1S/C13H16FN3O2/c1-3-5-17-8-15-11-6-9(14)10(7-12(11)17)16-13(18)19-4-2/h6-8H,3-5H2,1-2H3,(H,16,18). The lowest BCUT2D eigenvalue weighted by molar-refractivity contribution is 0.168. The molecule has 1 amide bonds. The van der Waals surface area contributed by atoms with Crippen molar-refractivity contribution < 1.29 is 13.9 Å². The first kappa shape index (κ1) is 13.3. The average molecular weight is 265 g/mol. The summed E-state index contributed by atoms with van der Waals surface area (Å²) in [6.07, 6.45) is 1.95. The van der Waals surface area contributed by atoms with Crippen LogP contribution in [0.2, 0.25) is 0 Å². The number of carbonyl (C=O) groups excluding carboxylic acids is 1. The largest absolute Gasteiger partial charge is 0.450 e. The third-order valence-corrected chi connectivity index (χ3v) is 2.69. The lowest BCUT2D eigenvalue weighted by Crippen LogP contribution is -2.14. The highest BCUT2D eigenvalue weighted by Gasteiger charge is 2.11. The van der Waals surface area contributed by atoms with Crippen LogP contribution in [0.1, 0.15) is 20.3 Å². The quantitative estimate of drug-likeness (QED) is 0.923. The molecule has 0 aliphatic carbocycles. The fraction of sp³-hybridized carbons (Fsp3) is 0.385. The number of hydrogen-bond acceptors (Lipinski definition) is 3. The molecule has 0 saturated heterocycles. The first-order valence-corrected chi connectivity index (χ1v) is 6.23. The highest BCUT2D eigenvalue weighted by Crippen LogP contribution is 2.22. The van der Waals surface area contributed by atoms with Gasteiger partial charge in [-0.2, -0.15) is 0 Å². The monoisotopic (exact) mass is 265 g/mol. The van der Waals surface area contributed by atoms with Crippen molar-refractivity contribution >= 4 is 22.8 Å². The minimum atomic E-state index is -0.665. The number of imidazole rings is 1. The molecule has 0 bridgehead atoms. The maximum Gasteiger partial charge on any atom is 0.411 e. The second kappa shape index (κ2) is 5.69. The molecule has 2 aromatic rings. The molecule has 0 unspecified atom stereocenters. The third-order valence-electron chi connectivity index (χ3n) is 2.69. The molecular formula is C13H16FN3O2. The van der Waals surface area contributed by atoms with E-state index in [-0.39, 0.29) is 12.3 Å². The number of aromatic nitrogens is 2. The Bertz CT molecular complexity index is 595. The van der Waals surface area contributed by atoms with E-state index in [4.69, 9.17) is 4.74 Å². The molecule has 0 radical (unpaired) electrons. The molecule has 0 aliphatic heterocycles. The van der Waals surface area contributed by atoms with Crippen molar-refractivity contribution in [1.29, 1.82) is 0 Å². The number of amides is 1. The molecule has 1 N–H and O–H groups in total. The van der Waals surface area contributed by atoms with Crippen LogP contribution in [-0.4, -0.2) is 22.3 Å². The molecule has 1 aromatic heterocycles. The van der Waals surface area contributed by atoms with Gasteiger partial charge in [0.15, 0.2) is 0 Å². The zero-order chi connectivity index (χ0) is 13.8. The van der Waals surface area contributed by atoms with E-state index in [9.17, 15) is 9.18 Å². The zero-order valence-electron chi connectivity index (χ0n) is 10.9. The van der Waals surface area contributed by atoms with Crippen LogP contribution in [-0.2, 0) is 11.3 Å². The Labute approximate surface area is 110 Å². The van der Waals surface area contributed by atoms with Gasteiger partial charge in [-0.25, -0.2) is 14.2 Å². The predicted molar refractivity (Wildman–Crippen MR) is 70.6 cm³/mol. The Kier molecular flexibility index (Phi) is 3.99. The van der Waals surface area contributed by atoms with E-state index in [0.29, 0.717) is 5.52 Å². The van der Waals surface area contributed by atoms with Gasteiger partial charge in [0.2, 0.25) is 0 Å². The Balaban J connectivity index is 2.35. The molecule has 0 fully saturated rings. The van der Waals surface area contributed by atoms with Gasteiger partial charge in [0, 0.05) is 12.6 Å². The number of carbonyl (C=O) groups is 1. The van der Waals surface area contributed by atoms with Crippen molar-refractivity contribution in [3.05, 3.63) is 24.3 Å². The van der Waals surface area contributed by atoms with Gasteiger partial charge in [-0.15, -0.1) is 0 Å². The molecule has 0 aliphatic rings. The summed E-state index contributed by atoms with van der Waals surface area (Å²) in [5.74, 6) is -0.526. The van der Waals surface area contributed by atoms with Crippen LogP contribution in [0.25, 0.3) is 11.0 Å². The normalized spacial score (nSPS) is 10.7. The van der Waals surface area contributed by atoms with Crippen LogP contribution in [0.4, 0.5) is 14.9 Å². The lowest BCUT2D eigenvalue weighted by Gasteiger charge is -2.08. The van der Waals surface area contributed by atoms with Crippen LogP contribution in [0.5, 0.6) is 0 Å². The number of fused-ring (bicyclic) bond motifs is 1. The van der Waals surface area contributed by atoms with Gasteiger partial charge >= 0.3 is 6.09 Å². The molecule has 0 atom stereocenters. The van der Waals surface area contributed by atoms with E-state index in [1.165, 1.54) is 6.07 Å². The van der Waals surface area contributed by atoms with Gasteiger partial charge in [0.25, 0.3) is 0 Å². The van der Waals surface area contributed by atoms with E-state index < -0.39 is 11.9 Å². The van der Waals surface area contributed by atoms with E-state index >= 15 is 0 Å². The van der Waals surface area contributed by atoms with Crippen LogP contribution in [0.15, 0.2) is 18.5 Å². The van der Waals surface area contributed by atoms with Crippen molar-refractivity contribution in [2.75, 3.05) is 11.9 Å². The number of aryl methyl sites for hydroxylation is 1. The summed E-state index contributed by atoms with van der Waals surface area (Å²) in [4.78, 5) is 15.5. The first-order chi connectivity index (χ1) is 9.15. The zero-order valence-corrected chi connectivity index (χ0v) is 10.9. The van der Waals surface area contributed by atoms with Gasteiger partial charge in [0.1, 0.15) is 5.82 Å². The van der Waals surface area contributed by atoms with Gasteiger partial charge in [-0.1, -0.05) is 6.92 Å². The molecular weight excluding hydrogens is 249 g/mol. The molecule has 0 spiro atoms. The van der Waals surface area contributed by atoms with Crippen LogP contribution in [0.3, 0.4) is 0 Å². The number of benzene rings is 1. The summed E-state index contributed by atoms with van der Waals surface area (Å²) < 4.78 is 20.5. The first-order valence-electron chi connectivity index (χ1n) is 6.23. The number of halogens is 1. The van der Waals surface area contributed by atoms with Gasteiger partial charge < -0.3 is 9.30 Å². The molecule has 2 rings (SSSR count). The average Bonchev–Trinajstić information content (AvgIpc) is 2.73. The maximum atomic E-state index is 13.8. The Morgan fingerprint density at radius 3 is 2.95 bits per heavy atom. The SMILES string of the molecule is CCCn1cnc2cc(F)c(NC(=O)OCC)cc21. The Morgan fingerprint density at radius 2 is 2.26 bits per heavy atom. The minimum absolute atomic E-state index is 0.101. The van der Waals surface area contributed by atoms with Crippen molar-refractivity contribution in [2.24, 2.45) is 0 Å². The number of anilines is 1. The smallest absolute Gasteiger partial charge is 0.411 e.